The number of fused-ring (bicyclic) bond motifs is 1. The Morgan fingerprint density at radius 2 is 1.74 bits per heavy atom. The number of rotatable bonds is 5. The molecule has 0 unspecified atom stereocenters. The molecule has 1 fully saturated rings. The van der Waals surface area contributed by atoms with Crippen LogP contribution < -0.4 is 15.8 Å². The normalized spacial score (nSPS) is 18.1. The highest BCUT2D eigenvalue weighted by Crippen LogP contribution is 2.35. The molecule has 176 valence electrons. The van der Waals surface area contributed by atoms with Crippen LogP contribution in [0.15, 0.2) is 59.6 Å². The second-order valence-electron chi connectivity index (χ2n) is 8.83. The number of carbonyl (C=O) groups is 1. The van der Waals surface area contributed by atoms with E-state index in [1.807, 2.05) is 19.1 Å². The quantitative estimate of drug-likeness (QED) is 0.582. The number of carbonyl (C=O) groups excluding carboxylic acids is 1. The number of hydrogen-bond acceptors (Lipinski definition) is 6. The fraction of sp³-hybridized carbons (Fsp3) is 0.280. The van der Waals surface area contributed by atoms with Crippen LogP contribution in [0.4, 0.5) is 5.82 Å². The van der Waals surface area contributed by atoms with Crippen LogP contribution in [0.25, 0.3) is 22.3 Å². The number of nitrogens with two attached hydrogens (primary N) is 1. The first-order valence-corrected chi connectivity index (χ1v) is 12.6. The summed E-state index contributed by atoms with van der Waals surface area (Å²) in [7, 11) is -1.87. The molecule has 9 heteroatoms. The molecule has 8 nitrogen and oxygen atoms in total. The third kappa shape index (κ3) is 4.12. The SMILES string of the molecule is C[C@H]1COc2cc(-c3cc(-c4ccc(S(=O)(=O)N(C)C5CC5)cc4)cnc3N)ccc2C(=O)N1. The van der Waals surface area contributed by atoms with Crippen LogP contribution in [0.1, 0.15) is 30.1 Å². The van der Waals surface area contributed by atoms with Gasteiger partial charge in [-0.3, -0.25) is 4.79 Å². The summed E-state index contributed by atoms with van der Waals surface area (Å²) in [6.45, 7) is 2.26. The fourth-order valence-corrected chi connectivity index (χ4v) is 5.46. The average molecular weight is 479 g/mol. The van der Waals surface area contributed by atoms with E-state index in [0.29, 0.717) is 29.3 Å². The second kappa shape index (κ2) is 8.41. The molecule has 34 heavy (non-hydrogen) atoms. The lowest BCUT2D eigenvalue weighted by Gasteiger charge is -2.16. The van der Waals surface area contributed by atoms with Gasteiger partial charge in [0.25, 0.3) is 5.91 Å². The number of amides is 1. The predicted molar refractivity (Wildman–Crippen MR) is 130 cm³/mol. The number of nitrogens with zero attached hydrogens (tertiary/aromatic N) is 2. The molecule has 2 aromatic carbocycles. The van der Waals surface area contributed by atoms with Crippen molar-refractivity contribution in [3.63, 3.8) is 0 Å². The molecule has 0 spiro atoms. The van der Waals surface area contributed by atoms with Crippen LogP contribution in [-0.4, -0.2) is 49.4 Å². The van der Waals surface area contributed by atoms with Gasteiger partial charge >= 0.3 is 0 Å². The van der Waals surface area contributed by atoms with Crippen molar-refractivity contribution in [3.8, 4) is 28.0 Å². The molecule has 1 aliphatic heterocycles. The summed E-state index contributed by atoms with van der Waals surface area (Å²) >= 11 is 0. The first kappa shape index (κ1) is 22.4. The summed E-state index contributed by atoms with van der Waals surface area (Å²) in [5.74, 6) is 0.674. The van der Waals surface area contributed by atoms with Gasteiger partial charge in [0.05, 0.1) is 16.5 Å². The van der Waals surface area contributed by atoms with Crippen molar-refractivity contribution in [3.05, 3.63) is 60.3 Å². The summed E-state index contributed by atoms with van der Waals surface area (Å²) in [5.41, 5.74) is 9.76. The third-order valence-electron chi connectivity index (χ3n) is 6.25. The highest BCUT2D eigenvalue weighted by Gasteiger charge is 2.35. The second-order valence-corrected chi connectivity index (χ2v) is 10.8. The molecule has 0 radical (unpaired) electrons. The number of nitrogen functional groups attached to an aromatic ring is 1. The Hall–Kier alpha value is -3.43. The number of ether oxygens (including phenoxy) is 1. The first-order valence-electron chi connectivity index (χ1n) is 11.2. The minimum Gasteiger partial charge on any atom is -0.491 e. The van der Waals surface area contributed by atoms with E-state index in [9.17, 15) is 13.2 Å². The Morgan fingerprint density at radius 3 is 2.44 bits per heavy atom. The molecule has 5 rings (SSSR count). The average Bonchev–Trinajstić information content (AvgIpc) is 3.68. The van der Waals surface area contributed by atoms with Crippen molar-refractivity contribution in [2.75, 3.05) is 19.4 Å². The van der Waals surface area contributed by atoms with Gasteiger partial charge in [-0.05, 0) is 61.2 Å². The summed E-state index contributed by atoms with van der Waals surface area (Å²) in [6.07, 6.45) is 3.48. The molecule has 1 saturated carbocycles. The first-order chi connectivity index (χ1) is 16.2. The number of benzene rings is 2. The smallest absolute Gasteiger partial charge is 0.255 e. The van der Waals surface area contributed by atoms with Gasteiger partial charge in [0, 0.05) is 30.4 Å². The van der Waals surface area contributed by atoms with Gasteiger partial charge < -0.3 is 15.8 Å². The highest BCUT2D eigenvalue weighted by molar-refractivity contribution is 7.89. The van der Waals surface area contributed by atoms with E-state index in [1.54, 1.807) is 49.6 Å². The standard InChI is InChI=1S/C25H26N4O4S/c1-15-14-33-23-12-17(5-10-21(23)25(30)28-15)22-11-18(13-27-24(22)26)16-3-8-20(9-4-16)34(31,32)29(2)19-6-7-19/h3-5,8-13,15,19H,6-7,14H2,1-2H3,(H2,26,27)(H,28,30)/t15-/m0/s1. The molecular weight excluding hydrogens is 452 g/mol. The zero-order valence-electron chi connectivity index (χ0n) is 19.0. The Morgan fingerprint density at radius 1 is 1.03 bits per heavy atom. The van der Waals surface area contributed by atoms with Gasteiger partial charge in [-0.2, -0.15) is 4.31 Å². The molecule has 1 atom stereocenters. The molecule has 1 aliphatic carbocycles. The topological polar surface area (TPSA) is 115 Å². The zero-order chi connectivity index (χ0) is 24.0. The number of hydrogen-bond donors (Lipinski definition) is 2. The lowest BCUT2D eigenvalue weighted by atomic mass is 9.99. The van der Waals surface area contributed by atoms with Gasteiger partial charge in [-0.15, -0.1) is 0 Å². The predicted octanol–water partition coefficient (Wildman–Crippen LogP) is 3.29. The fourth-order valence-electron chi connectivity index (χ4n) is 4.04. The number of sulfonamides is 1. The van der Waals surface area contributed by atoms with Crippen molar-refractivity contribution < 1.29 is 17.9 Å². The van der Waals surface area contributed by atoms with Crippen molar-refractivity contribution >= 4 is 21.7 Å². The van der Waals surface area contributed by atoms with Gasteiger partial charge in [0.1, 0.15) is 18.2 Å². The molecule has 1 aromatic heterocycles. The van der Waals surface area contributed by atoms with Crippen molar-refractivity contribution in [1.82, 2.24) is 14.6 Å². The Bertz CT molecular complexity index is 1370. The van der Waals surface area contributed by atoms with Crippen LogP contribution >= 0.6 is 0 Å². The Labute approximate surface area is 198 Å². The molecule has 0 bridgehead atoms. The van der Waals surface area contributed by atoms with E-state index in [2.05, 4.69) is 10.3 Å². The van der Waals surface area contributed by atoms with E-state index >= 15 is 0 Å². The maximum atomic E-state index is 12.8. The van der Waals surface area contributed by atoms with Crippen LogP contribution in [-0.2, 0) is 10.0 Å². The number of aromatic nitrogens is 1. The van der Waals surface area contributed by atoms with Gasteiger partial charge in [0.15, 0.2) is 0 Å². The minimum atomic E-state index is -3.50. The Kier molecular flexibility index (Phi) is 5.53. The molecule has 2 aliphatic rings. The third-order valence-corrected chi connectivity index (χ3v) is 8.17. The van der Waals surface area contributed by atoms with Crippen LogP contribution in [0.5, 0.6) is 5.75 Å². The van der Waals surface area contributed by atoms with Gasteiger partial charge in [0.2, 0.25) is 10.0 Å². The summed E-state index contributed by atoms with van der Waals surface area (Å²) < 4.78 is 32.9. The monoisotopic (exact) mass is 478 g/mol. The maximum absolute atomic E-state index is 12.8. The van der Waals surface area contributed by atoms with E-state index in [4.69, 9.17) is 10.5 Å². The van der Waals surface area contributed by atoms with Gasteiger partial charge in [-0.25, -0.2) is 13.4 Å². The maximum Gasteiger partial charge on any atom is 0.255 e. The summed E-state index contributed by atoms with van der Waals surface area (Å²) in [6, 6.07) is 14.1. The molecule has 3 aromatic rings. The van der Waals surface area contributed by atoms with Crippen LogP contribution in [0.2, 0.25) is 0 Å². The van der Waals surface area contributed by atoms with Crippen LogP contribution in [0, 0.1) is 0 Å². The van der Waals surface area contributed by atoms with Crippen molar-refractivity contribution in [1.29, 1.82) is 0 Å². The largest absolute Gasteiger partial charge is 0.491 e. The molecule has 0 saturated heterocycles. The lowest BCUT2D eigenvalue weighted by Crippen LogP contribution is -2.33. The van der Waals surface area contributed by atoms with Crippen LogP contribution in [0.3, 0.4) is 0 Å². The number of nitrogens with one attached hydrogen (secondary N) is 1. The number of pyridine rings is 1. The van der Waals surface area contributed by atoms with E-state index < -0.39 is 10.0 Å². The van der Waals surface area contributed by atoms with E-state index in [0.717, 1.165) is 29.5 Å². The van der Waals surface area contributed by atoms with Crippen molar-refractivity contribution in [2.45, 2.75) is 36.7 Å². The Balaban J connectivity index is 1.46. The highest BCUT2D eigenvalue weighted by atomic mass is 32.2. The lowest BCUT2D eigenvalue weighted by molar-refractivity contribution is 0.0942. The number of anilines is 1. The summed E-state index contributed by atoms with van der Waals surface area (Å²) in [5, 5.41) is 2.88. The van der Waals surface area contributed by atoms with E-state index in [-0.39, 0.29) is 22.9 Å². The van der Waals surface area contributed by atoms with Crippen molar-refractivity contribution in [2.24, 2.45) is 0 Å². The molecule has 3 N–H and O–H groups in total. The van der Waals surface area contributed by atoms with Gasteiger partial charge in [-0.1, -0.05) is 18.2 Å². The minimum absolute atomic E-state index is 0.0886. The zero-order valence-corrected chi connectivity index (χ0v) is 19.8. The summed E-state index contributed by atoms with van der Waals surface area (Å²) in [4.78, 5) is 17.0. The molecule has 1 amide bonds. The molecule has 2 heterocycles. The van der Waals surface area contributed by atoms with E-state index in [1.165, 1.54) is 4.31 Å². The molecular formula is C25H26N4O4S.